The van der Waals surface area contributed by atoms with Crippen LogP contribution in [-0.4, -0.2) is 33.7 Å². The summed E-state index contributed by atoms with van der Waals surface area (Å²) in [6.45, 7) is -0.294. The zero-order valence-corrected chi connectivity index (χ0v) is 9.66. The van der Waals surface area contributed by atoms with E-state index in [0.29, 0.717) is 22.5 Å². The highest BCUT2D eigenvalue weighted by Crippen LogP contribution is 2.29. The zero-order chi connectivity index (χ0) is 12.4. The van der Waals surface area contributed by atoms with Gasteiger partial charge in [-0.05, 0) is 6.07 Å². The van der Waals surface area contributed by atoms with E-state index < -0.39 is 11.9 Å². The van der Waals surface area contributed by atoms with Crippen LogP contribution in [0.15, 0.2) is 26.2 Å². The number of nitrogens with one attached hydrogen (secondary N) is 1. The maximum atomic E-state index is 11.0. The Balaban J connectivity index is 2.27. The van der Waals surface area contributed by atoms with Crippen molar-refractivity contribution in [1.29, 1.82) is 0 Å². The van der Waals surface area contributed by atoms with Crippen LogP contribution in [0.3, 0.4) is 0 Å². The van der Waals surface area contributed by atoms with E-state index in [9.17, 15) is 9.90 Å². The fraction of sp³-hybridized carbons (Fsp3) is 0.300. The first-order chi connectivity index (χ1) is 8.10. The number of oxazole rings is 1. The second kappa shape index (κ2) is 4.82. The highest BCUT2D eigenvalue weighted by molar-refractivity contribution is 7.99. The molecule has 0 radical (unpaired) electrons. The van der Waals surface area contributed by atoms with Crippen LogP contribution in [0.4, 0.5) is 5.69 Å². The van der Waals surface area contributed by atoms with Gasteiger partial charge in [0.05, 0.1) is 18.2 Å². The lowest BCUT2D eigenvalue weighted by Crippen LogP contribution is -2.14. The Morgan fingerprint density at radius 1 is 1.53 bits per heavy atom. The van der Waals surface area contributed by atoms with Gasteiger partial charge in [-0.1, -0.05) is 0 Å². The number of aromatic amines is 1. The molecule has 1 atom stereocenters. The van der Waals surface area contributed by atoms with E-state index in [1.54, 1.807) is 12.1 Å². The number of anilines is 1. The number of benzene rings is 1. The lowest BCUT2D eigenvalue weighted by molar-refractivity contribution is 0.113. The SMILES string of the molecule is Nc1cc2oc(=O)[nH]c2cc1SCC(O)CO. The summed E-state index contributed by atoms with van der Waals surface area (Å²) in [7, 11) is 0. The normalized spacial score (nSPS) is 13.1. The molecule has 0 aliphatic heterocycles. The first-order valence-electron chi connectivity index (χ1n) is 4.94. The van der Waals surface area contributed by atoms with Gasteiger partial charge in [0.1, 0.15) is 0 Å². The van der Waals surface area contributed by atoms with E-state index in [1.807, 2.05) is 0 Å². The zero-order valence-electron chi connectivity index (χ0n) is 8.84. The highest BCUT2D eigenvalue weighted by atomic mass is 32.2. The molecule has 0 saturated carbocycles. The molecular weight excluding hydrogens is 244 g/mol. The largest absolute Gasteiger partial charge is 0.417 e. The van der Waals surface area contributed by atoms with Crippen molar-refractivity contribution in [1.82, 2.24) is 4.98 Å². The Hall–Kier alpha value is -1.44. The van der Waals surface area contributed by atoms with Crippen LogP contribution in [0, 0.1) is 0 Å². The van der Waals surface area contributed by atoms with Crippen molar-refractivity contribution >= 4 is 28.5 Å². The molecule has 2 aromatic rings. The number of fused-ring (bicyclic) bond motifs is 1. The Kier molecular flexibility index (Phi) is 3.41. The predicted molar refractivity (Wildman–Crippen MR) is 65.1 cm³/mol. The third-order valence-electron chi connectivity index (χ3n) is 2.19. The van der Waals surface area contributed by atoms with Gasteiger partial charge in [0.2, 0.25) is 0 Å². The molecule has 1 aromatic carbocycles. The number of rotatable bonds is 4. The van der Waals surface area contributed by atoms with Crippen LogP contribution in [0.25, 0.3) is 11.1 Å². The second-order valence-corrected chi connectivity index (χ2v) is 4.61. The van der Waals surface area contributed by atoms with Crippen LogP contribution < -0.4 is 11.5 Å². The second-order valence-electron chi connectivity index (χ2n) is 3.55. The van der Waals surface area contributed by atoms with Gasteiger partial charge in [-0.15, -0.1) is 11.8 Å². The summed E-state index contributed by atoms with van der Waals surface area (Å²) in [6, 6.07) is 3.24. The van der Waals surface area contributed by atoms with Gasteiger partial charge >= 0.3 is 5.76 Å². The molecule has 0 spiro atoms. The fourth-order valence-electron chi connectivity index (χ4n) is 1.36. The third kappa shape index (κ3) is 2.63. The number of hydrogen-bond donors (Lipinski definition) is 4. The number of aromatic nitrogens is 1. The van der Waals surface area contributed by atoms with Crippen LogP contribution >= 0.6 is 11.8 Å². The molecule has 5 N–H and O–H groups in total. The Labute approximate surface area is 100 Å². The molecule has 92 valence electrons. The van der Waals surface area contributed by atoms with Crippen LogP contribution in [0.2, 0.25) is 0 Å². The average Bonchev–Trinajstić information content (AvgIpc) is 2.64. The minimum atomic E-state index is -0.793. The highest BCUT2D eigenvalue weighted by Gasteiger charge is 2.09. The molecule has 17 heavy (non-hydrogen) atoms. The molecule has 2 rings (SSSR count). The van der Waals surface area contributed by atoms with Gasteiger partial charge in [0, 0.05) is 22.4 Å². The monoisotopic (exact) mass is 256 g/mol. The van der Waals surface area contributed by atoms with Crippen molar-refractivity contribution in [3.8, 4) is 0 Å². The molecule has 1 heterocycles. The molecule has 0 amide bonds. The van der Waals surface area contributed by atoms with E-state index >= 15 is 0 Å². The van der Waals surface area contributed by atoms with E-state index in [1.165, 1.54) is 11.8 Å². The number of thioether (sulfide) groups is 1. The van der Waals surface area contributed by atoms with E-state index in [2.05, 4.69) is 4.98 Å². The number of nitrogens with two attached hydrogens (primary N) is 1. The third-order valence-corrected chi connectivity index (χ3v) is 3.41. The van der Waals surface area contributed by atoms with E-state index in [4.69, 9.17) is 15.3 Å². The summed E-state index contributed by atoms with van der Waals surface area (Å²) < 4.78 is 4.86. The molecule has 1 unspecified atom stereocenters. The number of aliphatic hydroxyl groups excluding tert-OH is 2. The molecule has 7 heteroatoms. The van der Waals surface area contributed by atoms with Gasteiger partial charge in [0.15, 0.2) is 5.58 Å². The molecule has 0 bridgehead atoms. The number of aliphatic hydroxyl groups is 2. The van der Waals surface area contributed by atoms with Crippen molar-refractivity contribution in [2.24, 2.45) is 0 Å². The van der Waals surface area contributed by atoms with Gasteiger partial charge in [0.25, 0.3) is 0 Å². The summed E-state index contributed by atoms with van der Waals surface area (Å²) in [4.78, 5) is 14.2. The van der Waals surface area contributed by atoms with E-state index in [-0.39, 0.29) is 6.61 Å². The summed E-state index contributed by atoms with van der Waals surface area (Å²) in [5.41, 5.74) is 7.21. The Bertz CT molecular complexity index is 577. The topological polar surface area (TPSA) is 112 Å². The fourth-order valence-corrected chi connectivity index (χ4v) is 2.26. The molecular formula is C10H12N2O4S. The van der Waals surface area contributed by atoms with Crippen molar-refractivity contribution in [2.75, 3.05) is 18.1 Å². The lowest BCUT2D eigenvalue weighted by Gasteiger charge is -2.08. The Morgan fingerprint density at radius 3 is 3.00 bits per heavy atom. The van der Waals surface area contributed by atoms with Gasteiger partial charge in [-0.2, -0.15) is 0 Å². The van der Waals surface area contributed by atoms with Crippen LogP contribution in [0.1, 0.15) is 0 Å². The average molecular weight is 256 g/mol. The molecule has 0 aliphatic carbocycles. The summed E-state index contributed by atoms with van der Waals surface area (Å²) in [5.74, 6) is -0.203. The van der Waals surface area contributed by atoms with Crippen molar-refractivity contribution in [3.63, 3.8) is 0 Å². The standard InChI is InChI=1S/C10H12N2O4S/c11-6-1-8-7(12-10(15)16-8)2-9(6)17-4-5(14)3-13/h1-2,5,13-14H,3-4,11H2,(H,12,15). The van der Waals surface area contributed by atoms with Crippen molar-refractivity contribution in [2.45, 2.75) is 11.0 Å². The number of nitrogen functional groups attached to an aromatic ring is 1. The quantitative estimate of drug-likeness (QED) is 0.457. The van der Waals surface area contributed by atoms with Crippen LogP contribution in [0.5, 0.6) is 0 Å². The number of hydrogen-bond acceptors (Lipinski definition) is 6. The predicted octanol–water partition coefficient (Wildman–Crippen LogP) is 0.149. The molecule has 0 aliphatic rings. The summed E-state index contributed by atoms with van der Waals surface area (Å²) in [6.07, 6.45) is -0.793. The molecule has 6 nitrogen and oxygen atoms in total. The summed E-state index contributed by atoms with van der Waals surface area (Å²) >= 11 is 1.31. The minimum absolute atomic E-state index is 0.294. The van der Waals surface area contributed by atoms with Gasteiger partial charge in [-0.25, -0.2) is 4.79 Å². The van der Waals surface area contributed by atoms with E-state index in [0.717, 1.165) is 4.90 Å². The molecule has 0 fully saturated rings. The minimum Gasteiger partial charge on any atom is -0.408 e. The lowest BCUT2D eigenvalue weighted by atomic mass is 10.3. The Morgan fingerprint density at radius 2 is 2.29 bits per heavy atom. The summed E-state index contributed by atoms with van der Waals surface area (Å²) in [5, 5.41) is 17.9. The first kappa shape index (κ1) is 12.0. The number of H-pyrrole nitrogens is 1. The van der Waals surface area contributed by atoms with Gasteiger partial charge in [-0.3, -0.25) is 4.98 Å². The maximum Gasteiger partial charge on any atom is 0.417 e. The van der Waals surface area contributed by atoms with Crippen LogP contribution in [-0.2, 0) is 0 Å². The maximum absolute atomic E-state index is 11.0. The van der Waals surface area contributed by atoms with Gasteiger partial charge < -0.3 is 20.4 Å². The smallest absolute Gasteiger partial charge is 0.408 e. The van der Waals surface area contributed by atoms with Crippen molar-refractivity contribution in [3.05, 3.63) is 22.7 Å². The molecule has 1 aromatic heterocycles. The molecule has 0 saturated heterocycles. The van der Waals surface area contributed by atoms with Crippen molar-refractivity contribution < 1.29 is 14.6 Å². The first-order valence-corrected chi connectivity index (χ1v) is 5.93.